The van der Waals surface area contributed by atoms with Crippen LogP contribution in [0.25, 0.3) is 0 Å². The van der Waals surface area contributed by atoms with Crippen LogP contribution >= 0.6 is 12.6 Å². The first-order valence-electron chi connectivity index (χ1n) is 6.85. The maximum Gasteiger partial charge on any atom is 0.254 e. The van der Waals surface area contributed by atoms with Crippen LogP contribution in [0.2, 0.25) is 0 Å². The molecule has 4 heteroatoms. The Balaban J connectivity index is 2.19. The molecule has 104 valence electrons. The lowest BCUT2D eigenvalue weighted by molar-refractivity contribution is 0.0561. The van der Waals surface area contributed by atoms with Crippen molar-refractivity contribution in [2.45, 2.75) is 43.5 Å². The van der Waals surface area contributed by atoms with E-state index < -0.39 is 0 Å². The van der Waals surface area contributed by atoms with E-state index in [4.69, 9.17) is 5.11 Å². The van der Waals surface area contributed by atoms with Gasteiger partial charge in [0.05, 0.1) is 0 Å². The van der Waals surface area contributed by atoms with Crippen LogP contribution in [0.15, 0.2) is 23.1 Å². The third-order valence-electron chi connectivity index (χ3n) is 3.79. The van der Waals surface area contributed by atoms with Gasteiger partial charge < -0.3 is 10.0 Å². The summed E-state index contributed by atoms with van der Waals surface area (Å²) in [6.07, 6.45) is 3.99. The van der Waals surface area contributed by atoms with Gasteiger partial charge in [-0.15, -0.1) is 12.6 Å². The van der Waals surface area contributed by atoms with E-state index in [1.54, 1.807) is 0 Å². The number of carbonyl (C=O) groups is 1. The number of nitrogens with zero attached hydrogens (tertiary/aromatic N) is 1. The van der Waals surface area contributed by atoms with E-state index in [1.807, 2.05) is 30.0 Å². The molecule has 0 aromatic heterocycles. The Bertz CT molecular complexity index is 457. The standard InChI is InChI=1S/C15H21NO2S/c1-11-6-7-13(19)10-14(11)15(18)16(8-3-9-17)12-4-2-5-12/h6-7,10,12,17,19H,2-5,8-9H2,1H3. The Kier molecular flexibility index (Phi) is 4.88. The molecular weight excluding hydrogens is 258 g/mol. The number of carbonyl (C=O) groups excluding carboxylic acids is 1. The summed E-state index contributed by atoms with van der Waals surface area (Å²) in [6, 6.07) is 6.02. The summed E-state index contributed by atoms with van der Waals surface area (Å²) in [5.41, 5.74) is 1.72. The van der Waals surface area contributed by atoms with Crippen LogP contribution in [0.5, 0.6) is 0 Å². The number of amides is 1. The third kappa shape index (κ3) is 3.31. The Morgan fingerprint density at radius 1 is 1.47 bits per heavy atom. The fourth-order valence-electron chi connectivity index (χ4n) is 2.38. The van der Waals surface area contributed by atoms with Crippen LogP contribution in [-0.4, -0.2) is 35.1 Å². The molecule has 1 N–H and O–H groups in total. The monoisotopic (exact) mass is 279 g/mol. The molecule has 0 heterocycles. The zero-order valence-electron chi connectivity index (χ0n) is 11.3. The summed E-state index contributed by atoms with van der Waals surface area (Å²) in [7, 11) is 0. The number of aryl methyl sites for hydroxylation is 1. The SMILES string of the molecule is Cc1ccc(S)cc1C(=O)N(CCCO)C1CCC1. The maximum absolute atomic E-state index is 12.7. The van der Waals surface area contributed by atoms with Crippen LogP contribution in [0.4, 0.5) is 0 Å². The van der Waals surface area contributed by atoms with E-state index in [2.05, 4.69) is 12.6 Å². The summed E-state index contributed by atoms with van der Waals surface area (Å²) in [5.74, 6) is 0.0755. The molecule has 1 fully saturated rings. The molecule has 0 spiro atoms. The zero-order chi connectivity index (χ0) is 13.8. The van der Waals surface area contributed by atoms with Gasteiger partial charge in [-0.2, -0.15) is 0 Å². The summed E-state index contributed by atoms with van der Waals surface area (Å²) >= 11 is 4.31. The second-order valence-corrected chi connectivity index (χ2v) is 5.68. The average molecular weight is 279 g/mol. The Labute approximate surface area is 120 Å². The van der Waals surface area contributed by atoms with Gasteiger partial charge in [0.15, 0.2) is 0 Å². The molecule has 1 amide bonds. The quantitative estimate of drug-likeness (QED) is 0.814. The van der Waals surface area contributed by atoms with Crippen LogP contribution in [0.1, 0.15) is 41.6 Å². The number of benzene rings is 1. The van der Waals surface area contributed by atoms with Crippen molar-refractivity contribution in [3.63, 3.8) is 0 Å². The second-order valence-electron chi connectivity index (χ2n) is 5.16. The van der Waals surface area contributed by atoms with E-state index in [0.29, 0.717) is 19.0 Å². The lowest BCUT2D eigenvalue weighted by atomic mass is 9.90. The predicted molar refractivity (Wildman–Crippen MR) is 78.8 cm³/mol. The number of aliphatic hydroxyl groups is 1. The summed E-state index contributed by atoms with van der Waals surface area (Å²) in [5, 5.41) is 8.99. The molecule has 0 atom stereocenters. The molecule has 1 aliphatic carbocycles. The van der Waals surface area contributed by atoms with Crippen LogP contribution in [0, 0.1) is 6.92 Å². The van der Waals surface area contributed by atoms with Gasteiger partial charge in [-0.05, 0) is 50.3 Å². The summed E-state index contributed by atoms with van der Waals surface area (Å²) in [4.78, 5) is 15.4. The maximum atomic E-state index is 12.7. The smallest absolute Gasteiger partial charge is 0.254 e. The Hall–Kier alpha value is -1.00. The van der Waals surface area contributed by atoms with Crippen molar-refractivity contribution in [1.29, 1.82) is 0 Å². The highest BCUT2D eigenvalue weighted by atomic mass is 32.1. The molecule has 1 aliphatic rings. The number of aliphatic hydroxyl groups excluding tert-OH is 1. The van der Waals surface area contributed by atoms with Gasteiger partial charge >= 0.3 is 0 Å². The third-order valence-corrected chi connectivity index (χ3v) is 4.06. The molecule has 1 aromatic carbocycles. The van der Waals surface area contributed by atoms with E-state index in [1.165, 1.54) is 6.42 Å². The molecule has 2 rings (SSSR count). The van der Waals surface area contributed by atoms with Crippen molar-refractivity contribution < 1.29 is 9.90 Å². The first kappa shape index (κ1) is 14.4. The Morgan fingerprint density at radius 2 is 2.21 bits per heavy atom. The molecule has 19 heavy (non-hydrogen) atoms. The summed E-state index contributed by atoms with van der Waals surface area (Å²) in [6.45, 7) is 2.71. The van der Waals surface area contributed by atoms with Gasteiger partial charge in [-0.25, -0.2) is 0 Å². The fourth-order valence-corrected chi connectivity index (χ4v) is 2.59. The molecule has 0 radical (unpaired) electrons. The molecule has 3 nitrogen and oxygen atoms in total. The largest absolute Gasteiger partial charge is 0.396 e. The molecule has 0 aliphatic heterocycles. The van der Waals surface area contributed by atoms with Crippen molar-refractivity contribution in [3.05, 3.63) is 29.3 Å². The first-order valence-corrected chi connectivity index (χ1v) is 7.29. The molecule has 1 saturated carbocycles. The topological polar surface area (TPSA) is 40.5 Å². The lowest BCUT2D eigenvalue weighted by Crippen LogP contribution is -2.45. The Morgan fingerprint density at radius 3 is 2.79 bits per heavy atom. The average Bonchev–Trinajstić information content (AvgIpc) is 2.34. The molecule has 1 aromatic rings. The van der Waals surface area contributed by atoms with Gasteiger partial charge in [-0.3, -0.25) is 4.79 Å². The minimum absolute atomic E-state index is 0.0755. The molecular formula is C15H21NO2S. The van der Waals surface area contributed by atoms with Gasteiger partial charge in [0.2, 0.25) is 0 Å². The minimum Gasteiger partial charge on any atom is -0.396 e. The normalized spacial score (nSPS) is 15.1. The van der Waals surface area contributed by atoms with Crippen molar-refractivity contribution in [2.24, 2.45) is 0 Å². The van der Waals surface area contributed by atoms with Crippen molar-refractivity contribution in [3.8, 4) is 0 Å². The zero-order valence-corrected chi connectivity index (χ0v) is 12.2. The minimum atomic E-state index is 0.0755. The number of rotatable bonds is 5. The molecule has 0 saturated heterocycles. The first-order chi connectivity index (χ1) is 9.13. The van der Waals surface area contributed by atoms with Gasteiger partial charge in [-0.1, -0.05) is 6.07 Å². The highest BCUT2D eigenvalue weighted by molar-refractivity contribution is 7.80. The fraction of sp³-hybridized carbons (Fsp3) is 0.533. The van der Waals surface area contributed by atoms with Crippen LogP contribution in [0.3, 0.4) is 0 Å². The van der Waals surface area contributed by atoms with Crippen molar-refractivity contribution >= 4 is 18.5 Å². The van der Waals surface area contributed by atoms with Crippen LogP contribution in [-0.2, 0) is 0 Å². The molecule has 0 bridgehead atoms. The van der Waals surface area contributed by atoms with Crippen molar-refractivity contribution in [2.75, 3.05) is 13.2 Å². The van der Waals surface area contributed by atoms with Gasteiger partial charge in [0.25, 0.3) is 5.91 Å². The highest BCUT2D eigenvalue weighted by Gasteiger charge is 2.29. The number of thiol groups is 1. The van der Waals surface area contributed by atoms with Gasteiger partial charge in [0, 0.05) is 29.7 Å². The van der Waals surface area contributed by atoms with E-state index in [-0.39, 0.29) is 12.5 Å². The second kappa shape index (κ2) is 6.44. The summed E-state index contributed by atoms with van der Waals surface area (Å²) < 4.78 is 0. The predicted octanol–water partition coefficient (Wildman–Crippen LogP) is 2.66. The van der Waals surface area contributed by atoms with E-state index >= 15 is 0 Å². The number of hydrogen-bond acceptors (Lipinski definition) is 3. The lowest BCUT2D eigenvalue weighted by Gasteiger charge is -2.38. The van der Waals surface area contributed by atoms with Crippen molar-refractivity contribution in [1.82, 2.24) is 4.90 Å². The van der Waals surface area contributed by atoms with Gasteiger partial charge in [0.1, 0.15) is 0 Å². The molecule has 0 unspecified atom stereocenters. The van der Waals surface area contributed by atoms with E-state index in [9.17, 15) is 4.79 Å². The number of hydrogen-bond donors (Lipinski definition) is 2. The van der Waals surface area contributed by atoms with Crippen LogP contribution < -0.4 is 0 Å². The van der Waals surface area contributed by atoms with E-state index in [0.717, 1.165) is 28.9 Å². The highest BCUT2D eigenvalue weighted by Crippen LogP contribution is 2.27.